The molecule has 6 N–H and O–H groups in total. The molecule has 1 aliphatic heterocycles. The second-order valence-corrected chi connectivity index (χ2v) is 8.01. The first-order valence-electron chi connectivity index (χ1n) is 11.4. The lowest BCUT2D eigenvalue weighted by atomic mass is 9.91. The standard InChI is InChI=1S/C21H40N4O9/c1-14(27)24-19-16(34-17(13-26)20(30)21(19)31)4-8-32-11-7-25(15(2)28)12-18(29)23-6-10-33-9-5-22-3/h16-17,19-22,26,30-31H,4-13H2,1-3H3,(H,23,29)(H,24,27)/t16-,17-,19+,20+,21-/m1/s1. The van der Waals surface area contributed by atoms with E-state index in [1.165, 1.54) is 18.7 Å². The van der Waals surface area contributed by atoms with Gasteiger partial charge in [0.05, 0.1) is 45.1 Å². The molecule has 0 saturated carbocycles. The van der Waals surface area contributed by atoms with Gasteiger partial charge in [0.25, 0.3) is 0 Å². The Morgan fingerprint density at radius 1 is 0.971 bits per heavy atom. The number of ether oxygens (including phenoxy) is 3. The lowest BCUT2D eigenvalue weighted by Crippen LogP contribution is -2.64. The zero-order valence-corrected chi connectivity index (χ0v) is 20.2. The second-order valence-electron chi connectivity index (χ2n) is 8.01. The fourth-order valence-corrected chi connectivity index (χ4v) is 3.45. The van der Waals surface area contributed by atoms with Crippen molar-refractivity contribution in [2.75, 3.05) is 66.3 Å². The van der Waals surface area contributed by atoms with E-state index in [1.807, 2.05) is 7.05 Å². The molecule has 0 unspecified atom stereocenters. The van der Waals surface area contributed by atoms with Crippen LogP contribution in [0.5, 0.6) is 0 Å². The monoisotopic (exact) mass is 492 g/mol. The molecule has 0 aromatic carbocycles. The quantitative estimate of drug-likeness (QED) is 0.119. The van der Waals surface area contributed by atoms with Gasteiger partial charge in [0.15, 0.2) is 0 Å². The van der Waals surface area contributed by atoms with Crippen LogP contribution >= 0.6 is 0 Å². The molecule has 5 atom stereocenters. The molecule has 198 valence electrons. The van der Waals surface area contributed by atoms with E-state index in [0.29, 0.717) is 19.8 Å². The maximum atomic E-state index is 12.1. The van der Waals surface area contributed by atoms with Crippen molar-refractivity contribution in [1.29, 1.82) is 0 Å². The summed E-state index contributed by atoms with van der Waals surface area (Å²) in [7, 11) is 1.82. The summed E-state index contributed by atoms with van der Waals surface area (Å²) >= 11 is 0. The van der Waals surface area contributed by atoms with Crippen LogP contribution in [0.1, 0.15) is 20.3 Å². The number of aliphatic hydroxyl groups excluding tert-OH is 3. The smallest absolute Gasteiger partial charge is 0.239 e. The molecule has 3 amide bonds. The number of hydrogen-bond acceptors (Lipinski definition) is 10. The molecule has 1 rings (SSSR count). The van der Waals surface area contributed by atoms with E-state index in [4.69, 9.17) is 14.2 Å². The Balaban J connectivity index is 2.39. The summed E-state index contributed by atoms with van der Waals surface area (Å²) in [5, 5.41) is 37.9. The van der Waals surface area contributed by atoms with E-state index in [0.717, 1.165) is 6.54 Å². The van der Waals surface area contributed by atoms with Crippen LogP contribution in [0.2, 0.25) is 0 Å². The Labute approximate surface area is 200 Å². The van der Waals surface area contributed by atoms with Crippen molar-refractivity contribution in [3.8, 4) is 0 Å². The summed E-state index contributed by atoms with van der Waals surface area (Å²) in [5.41, 5.74) is 0. The molecule has 13 nitrogen and oxygen atoms in total. The van der Waals surface area contributed by atoms with Crippen molar-refractivity contribution in [1.82, 2.24) is 20.9 Å². The number of hydrogen-bond donors (Lipinski definition) is 6. The molecule has 0 bridgehead atoms. The summed E-state index contributed by atoms with van der Waals surface area (Å²) in [5.74, 6) is -0.967. The Bertz CT molecular complexity index is 625. The predicted molar refractivity (Wildman–Crippen MR) is 121 cm³/mol. The Kier molecular flexibility index (Phi) is 14.8. The van der Waals surface area contributed by atoms with Crippen molar-refractivity contribution < 1.29 is 43.9 Å². The van der Waals surface area contributed by atoms with Crippen LogP contribution < -0.4 is 16.0 Å². The molecule has 0 aromatic rings. The molecule has 1 saturated heterocycles. The number of nitrogens with zero attached hydrogens (tertiary/aromatic N) is 1. The Morgan fingerprint density at radius 3 is 2.26 bits per heavy atom. The summed E-state index contributed by atoms with van der Waals surface area (Å²) in [6.07, 6.45) is -4.05. The van der Waals surface area contributed by atoms with E-state index in [1.54, 1.807) is 0 Å². The fraction of sp³-hybridized carbons (Fsp3) is 0.857. The van der Waals surface area contributed by atoms with E-state index >= 15 is 0 Å². The van der Waals surface area contributed by atoms with Gasteiger partial charge in [0, 0.05) is 40.1 Å². The maximum absolute atomic E-state index is 12.1. The summed E-state index contributed by atoms with van der Waals surface area (Å²) in [4.78, 5) is 36.7. The van der Waals surface area contributed by atoms with E-state index in [-0.39, 0.29) is 44.5 Å². The minimum absolute atomic E-state index is 0.103. The van der Waals surface area contributed by atoms with E-state index in [2.05, 4.69) is 16.0 Å². The molecular formula is C21H40N4O9. The average molecular weight is 493 g/mol. The van der Waals surface area contributed by atoms with Gasteiger partial charge < -0.3 is 50.4 Å². The van der Waals surface area contributed by atoms with E-state index in [9.17, 15) is 29.7 Å². The SMILES string of the molecule is CNCCOCCNC(=O)CN(CCOCC[C@H]1O[C@H](CO)[C@H](O)[C@H](O)[C@H]1NC(C)=O)C(C)=O. The van der Waals surface area contributed by atoms with Crippen molar-refractivity contribution in [2.45, 2.75) is 50.7 Å². The van der Waals surface area contributed by atoms with Crippen molar-refractivity contribution in [3.05, 3.63) is 0 Å². The first-order chi connectivity index (χ1) is 16.2. The number of carbonyl (C=O) groups is 3. The summed E-state index contributed by atoms with van der Waals surface area (Å²) < 4.78 is 16.5. The van der Waals surface area contributed by atoms with Crippen molar-refractivity contribution in [2.24, 2.45) is 0 Å². The molecule has 0 aromatic heterocycles. The molecule has 0 spiro atoms. The van der Waals surface area contributed by atoms with Gasteiger partial charge in [-0.3, -0.25) is 14.4 Å². The number of nitrogens with one attached hydrogen (secondary N) is 3. The zero-order valence-electron chi connectivity index (χ0n) is 20.2. The summed E-state index contributed by atoms with van der Waals surface area (Å²) in [6, 6.07) is -0.862. The highest BCUT2D eigenvalue weighted by molar-refractivity contribution is 5.83. The normalized spacial score (nSPS) is 24.5. The Morgan fingerprint density at radius 2 is 1.65 bits per heavy atom. The van der Waals surface area contributed by atoms with Gasteiger partial charge in [-0.2, -0.15) is 0 Å². The lowest BCUT2D eigenvalue weighted by molar-refractivity contribution is -0.198. The molecule has 1 heterocycles. The molecule has 0 aliphatic carbocycles. The van der Waals surface area contributed by atoms with Crippen LogP contribution in [0.4, 0.5) is 0 Å². The van der Waals surface area contributed by atoms with Gasteiger partial charge in [-0.05, 0) is 13.5 Å². The highest BCUT2D eigenvalue weighted by Crippen LogP contribution is 2.23. The highest BCUT2D eigenvalue weighted by atomic mass is 16.5. The van der Waals surface area contributed by atoms with Crippen LogP contribution in [-0.4, -0.2) is 135 Å². The third-order valence-electron chi connectivity index (χ3n) is 5.30. The second kappa shape index (κ2) is 16.7. The molecular weight excluding hydrogens is 452 g/mol. The minimum Gasteiger partial charge on any atom is -0.394 e. The Hall–Kier alpha value is -1.87. The van der Waals surface area contributed by atoms with Crippen LogP contribution in [-0.2, 0) is 28.6 Å². The molecule has 34 heavy (non-hydrogen) atoms. The number of rotatable bonds is 16. The van der Waals surface area contributed by atoms with Crippen LogP contribution in [0.25, 0.3) is 0 Å². The van der Waals surface area contributed by atoms with Gasteiger partial charge in [0.1, 0.15) is 18.3 Å². The van der Waals surface area contributed by atoms with Gasteiger partial charge in [-0.1, -0.05) is 0 Å². The van der Waals surface area contributed by atoms with Gasteiger partial charge in [-0.25, -0.2) is 0 Å². The minimum atomic E-state index is -1.34. The third kappa shape index (κ3) is 11.0. The van der Waals surface area contributed by atoms with Crippen LogP contribution in [0.3, 0.4) is 0 Å². The zero-order chi connectivity index (χ0) is 25.5. The number of aliphatic hydroxyl groups is 3. The number of amides is 3. The first-order valence-corrected chi connectivity index (χ1v) is 11.4. The van der Waals surface area contributed by atoms with Crippen LogP contribution in [0, 0.1) is 0 Å². The van der Waals surface area contributed by atoms with E-state index < -0.39 is 43.0 Å². The first kappa shape index (κ1) is 30.2. The van der Waals surface area contributed by atoms with Crippen molar-refractivity contribution >= 4 is 17.7 Å². The van der Waals surface area contributed by atoms with Gasteiger partial charge >= 0.3 is 0 Å². The largest absolute Gasteiger partial charge is 0.394 e. The van der Waals surface area contributed by atoms with Crippen molar-refractivity contribution in [3.63, 3.8) is 0 Å². The topological polar surface area (TPSA) is 179 Å². The highest BCUT2D eigenvalue weighted by Gasteiger charge is 2.44. The molecule has 1 fully saturated rings. The molecule has 13 heteroatoms. The van der Waals surface area contributed by atoms with Gasteiger partial charge in [0.2, 0.25) is 17.7 Å². The summed E-state index contributed by atoms with van der Waals surface area (Å²) in [6.45, 7) is 4.57. The number of likely N-dealkylation sites (N-methyl/N-ethyl adjacent to an activating group) is 1. The van der Waals surface area contributed by atoms with Gasteiger partial charge in [-0.15, -0.1) is 0 Å². The average Bonchev–Trinajstić information content (AvgIpc) is 2.79. The van der Waals surface area contributed by atoms with Crippen LogP contribution in [0.15, 0.2) is 0 Å². The predicted octanol–water partition coefficient (Wildman–Crippen LogP) is -3.42. The molecule has 0 radical (unpaired) electrons. The molecule has 1 aliphatic rings. The third-order valence-corrected chi connectivity index (χ3v) is 5.30. The number of carbonyl (C=O) groups excluding carboxylic acids is 3. The fourth-order valence-electron chi connectivity index (χ4n) is 3.45. The lowest BCUT2D eigenvalue weighted by Gasteiger charge is -2.42. The maximum Gasteiger partial charge on any atom is 0.239 e.